The van der Waals surface area contributed by atoms with Gasteiger partial charge in [0.25, 0.3) is 6.01 Å². The second-order valence-corrected chi connectivity index (χ2v) is 10.9. The van der Waals surface area contributed by atoms with Crippen molar-refractivity contribution in [1.82, 2.24) is 19.9 Å². The highest BCUT2D eigenvalue weighted by atomic mass is 35.5. The van der Waals surface area contributed by atoms with Crippen molar-refractivity contribution in [2.24, 2.45) is 17.8 Å². The number of nitrogens with one attached hydrogen (secondary N) is 1. The van der Waals surface area contributed by atoms with Crippen LogP contribution in [0.1, 0.15) is 26.7 Å². The van der Waals surface area contributed by atoms with Gasteiger partial charge in [-0.25, -0.2) is 4.98 Å². The Morgan fingerprint density at radius 3 is 2.47 bits per heavy atom. The van der Waals surface area contributed by atoms with Crippen LogP contribution in [-0.2, 0) is 9.53 Å². The number of likely N-dealkylation sites (tertiary alicyclic amines) is 1. The third-order valence-electron chi connectivity index (χ3n) is 7.71. The Morgan fingerprint density at radius 2 is 1.81 bits per heavy atom. The number of anilines is 1. The molecule has 36 heavy (non-hydrogen) atoms. The first-order valence-electron chi connectivity index (χ1n) is 12.9. The van der Waals surface area contributed by atoms with E-state index in [-0.39, 0.29) is 17.9 Å². The first-order chi connectivity index (χ1) is 17.4. The minimum Gasteiger partial charge on any atom is -0.461 e. The number of aromatic nitrogens is 3. The molecule has 190 valence electrons. The fraction of sp³-hybridized carbons (Fsp3) is 0.519. The lowest BCUT2D eigenvalue weighted by atomic mass is 10.0. The number of nitrogens with zero attached hydrogens (tertiary/aromatic N) is 4. The lowest BCUT2D eigenvalue weighted by Crippen LogP contribution is -2.36. The van der Waals surface area contributed by atoms with Gasteiger partial charge in [0.2, 0.25) is 5.91 Å². The summed E-state index contributed by atoms with van der Waals surface area (Å²) in [5, 5.41) is 0.571. The summed E-state index contributed by atoms with van der Waals surface area (Å²) in [4.78, 5) is 29.3. The number of hydrogen-bond acceptors (Lipinski definition) is 6. The molecule has 2 saturated heterocycles. The lowest BCUT2D eigenvalue weighted by molar-refractivity contribution is -0.133. The number of carbonyl (C=O) groups excluding carboxylic acids is 1. The zero-order valence-electron chi connectivity index (χ0n) is 20.7. The number of fused-ring (bicyclic) bond motifs is 2. The summed E-state index contributed by atoms with van der Waals surface area (Å²) in [5.41, 5.74) is 4.19. The van der Waals surface area contributed by atoms with E-state index in [2.05, 4.69) is 39.1 Å². The Labute approximate surface area is 215 Å². The van der Waals surface area contributed by atoms with Crippen LogP contribution in [0.2, 0.25) is 5.02 Å². The predicted molar refractivity (Wildman–Crippen MR) is 139 cm³/mol. The van der Waals surface area contributed by atoms with E-state index in [4.69, 9.17) is 26.1 Å². The first-order valence-corrected chi connectivity index (χ1v) is 13.3. The lowest BCUT2D eigenvalue weighted by Gasteiger charge is -2.28. The third-order valence-corrected chi connectivity index (χ3v) is 8.00. The van der Waals surface area contributed by atoms with Gasteiger partial charge in [-0.3, -0.25) is 4.79 Å². The normalized spacial score (nSPS) is 24.1. The summed E-state index contributed by atoms with van der Waals surface area (Å²) in [5.74, 6) is 1.32. The second-order valence-electron chi connectivity index (χ2n) is 10.5. The maximum absolute atomic E-state index is 12.4. The predicted octanol–water partition coefficient (Wildman–Crippen LogP) is 4.39. The van der Waals surface area contributed by atoms with E-state index in [0.29, 0.717) is 34.2 Å². The van der Waals surface area contributed by atoms with Crippen molar-refractivity contribution < 1.29 is 14.3 Å². The number of morpholine rings is 1. The van der Waals surface area contributed by atoms with E-state index in [1.807, 2.05) is 24.8 Å². The van der Waals surface area contributed by atoms with E-state index in [1.165, 1.54) is 5.69 Å². The van der Waals surface area contributed by atoms with Crippen molar-refractivity contribution in [2.45, 2.75) is 32.8 Å². The van der Waals surface area contributed by atoms with Crippen LogP contribution >= 0.6 is 11.6 Å². The van der Waals surface area contributed by atoms with Gasteiger partial charge in [-0.1, -0.05) is 37.6 Å². The number of H-pyrrole nitrogens is 1. The molecular weight excluding hydrogens is 478 g/mol. The van der Waals surface area contributed by atoms with E-state index >= 15 is 0 Å². The monoisotopic (exact) mass is 509 g/mol. The molecular formula is C27H32ClN5O3. The quantitative estimate of drug-likeness (QED) is 0.549. The largest absolute Gasteiger partial charge is 0.461 e. The Kier molecular flexibility index (Phi) is 6.25. The Hall–Kier alpha value is -2.84. The summed E-state index contributed by atoms with van der Waals surface area (Å²) in [6.07, 6.45) is 1.98. The van der Waals surface area contributed by atoms with Crippen molar-refractivity contribution in [1.29, 1.82) is 0 Å². The molecule has 2 aromatic heterocycles. The number of amides is 1. The van der Waals surface area contributed by atoms with E-state index in [0.717, 1.165) is 63.3 Å². The van der Waals surface area contributed by atoms with Gasteiger partial charge in [0.15, 0.2) is 5.65 Å². The molecule has 1 saturated carbocycles. The van der Waals surface area contributed by atoms with Crippen LogP contribution in [0.3, 0.4) is 0 Å². The standard InChI is InChI=1S/C27H32ClN5O3/c1-16(2)26(34)33-14-18-11-21(12-19(18)15-33)36-27-29-23-13-22(28)24(30-25(23)31-27)17-3-5-20(6-4-17)32-7-9-35-10-8-32/h3-6,13,16,18-19,21H,7-12,14-15H2,1-2H3,(H,29,30,31)/t18-,19+,21-. The summed E-state index contributed by atoms with van der Waals surface area (Å²) in [6, 6.07) is 10.7. The Morgan fingerprint density at radius 1 is 1.11 bits per heavy atom. The van der Waals surface area contributed by atoms with Crippen LogP contribution in [0.15, 0.2) is 30.3 Å². The fourth-order valence-electron chi connectivity index (χ4n) is 5.85. The highest BCUT2D eigenvalue weighted by Gasteiger charge is 2.43. The van der Waals surface area contributed by atoms with Gasteiger partial charge in [0.1, 0.15) is 6.10 Å². The third kappa shape index (κ3) is 4.52. The molecule has 0 radical (unpaired) electrons. The van der Waals surface area contributed by atoms with Gasteiger partial charge in [0, 0.05) is 43.3 Å². The molecule has 0 unspecified atom stereocenters. The van der Waals surface area contributed by atoms with Crippen LogP contribution < -0.4 is 9.64 Å². The average Bonchev–Trinajstić information content (AvgIpc) is 3.56. The van der Waals surface area contributed by atoms with Gasteiger partial charge in [-0.2, -0.15) is 4.98 Å². The topological polar surface area (TPSA) is 83.6 Å². The van der Waals surface area contributed by atoms with E-state index in [9.17, 15) is 4.79 Å². The highest BCUT2D eigenvalue weighted by molar-refractivity contribution is 6.33. The Bertz CT molecular complexity index is 1240. The van der Waals surface area contributed by atoms with Crippen LogP contribution in [0.5, 0.6) is 6.01 Å². The molecule has 1 amide bonds. The Balaban J connectivity index is 1.14. The van der Waals surface area contributed by atoms with Gasteiger partial charge in [-0.05, 0) is 42.9 Å². The average molecular weight is 510 g/mol. The maximum Gasteiger partial charge on any atom is 0.296 e. The SMILES string of the molecule is CC(C)C(=O)N1C[C@H]2C[C@@H](Oc3nc4nc(-c5ccc(N6CCOCC6)cc5)c(Cl)cc4[nH]3)C[C@H]2C1. The molecule has 2 aliphatic heterocycles. The van der Waals surface area contributed by atoms with E-state index in [1.54, 1.807) is 0 Å². The van der Waals surface area contributed by atoms with Crippen molar-refractivity contribution in [2.75, 3.05) is 44.3 Å². The van der Waals surface area contributed by atoms with Gasteiger partial charge >= 0.3 is 0 Å². The molecule has 6 rings (SSSR count). The summed E-state index contributed by atoms with van der Waals surface area (Å²) >= 11 is 6.62. The number of halogens is 1. The first kappa shape index (κ1) is 23.6. The van der Waals surface area contributed by atoms with Gasteiger partial charge < -0.3 is 24.3 Å². The molecule has 4 heterocycles. The number of rotatable bonds is 5. The zero-order chi connectivity index (χ0) is 24.8. The molecule has 9 heteroatoms. The second kappa shape index (κ2) is 9.56. The highest BCUT2D eigenvalue weighted by Crippen LogP contribution is 2.40. The number of benzene rings is 1. The maximum atomic E-state index is 12.4. The minimum absolute atomic E-state index is 0.0540. The fourth-order valence-corrected chi connectivity index (χ4v) is 6.11. The van der Waals surface area contributed by atoms with Crippen LogP contribution in [-0.4, -0.2) is 71.3 Å². The zero-order valence-corrected chi connectivity index (χ0v) is 21.5. The molecule has 0 spiro atoms. The van der Waals surface area contributed by atoms with E-state index < -0.39 is 0 Å². The molecule has 3 aromatic rings. The summed E-state index contributed by atoms with van der Waals surface area (Å²) in [6.45, 7) is 8.93. The molecule has 3 aliphatic rings. The van der Waals surface area contributed by atoms with Crippen LogP contribution in [0.25, 0.3) is 22.4 Å². The van der Waals surface area contributed by atoms with Crippen LogP contribution in [0.4, 0.5) is 5.69 Å². The van der Waals surface area contributed by atoms with Crippen molar-refractivity contribution in [3.05, 3.63) is 35.4 Å². The summed E-state index contributed by atoms with van der Waals surface area (Å²) in [7, 11) is 0. The minimum atomic E-state index is 0.0540. The number of carbonyl (C=O) groups is 1. The van der Waals surface area contributed by atoms with Crippen LogP contribution in [0, 0.1) is 17.8 Å². The molecule has 3 fully saturated rings. The molecule has 1 aliphatic carbocycles. The molecule has 1 N–H and O–H groups in total. The van der Waals surface area contributed by atoms with Crippen molar-refractivity contribution >= 4 is 34.4 Å². The number of ether oxygens (including phenoxy) is 2. The summed E-state index contributed by atoms with van der Waals surface area (Å²) < 4.78 is 11.7. The molecule has 8 nitrogen and oxygen atoms in total. The van der Waals surface area contributed by atoms with Gasteiger partial charge in [-0.15, -0.1) is 0 Å². The molecule has 0 bridgehead atoms. The molecule has 1 aromatic carbocycles. The van der Waals surface area contributed by atoms with Crippen molar-refractivity contribution in [3.8, 4) is 17.3 Å². The number of imidazole rings is 1. The molecule has 3 atom stereocenters. The van der Waals surface area contributed by atoms with Gasteiger partial charge in [0.05, 0.1) is 29.4 Å². The smallest absolute Gasteiger partial charge is 0.296 e. The number of hydrogen-bond donors (Lipinski definition) is 1. The number of aromatic amines is 1. The number of pyridine rings is 1. The van der Waals surface area contributed by atoms with Crippen molar-refractivity contribution in [3.63, 3.8) is 0 Å².